The van der Waals surface area contributed by atoms with Gasteiger partial charge in [0.25, 0.3) is 0 Å². The number of piperidine rings is 1. The molecule has 24 heavy (non-hydrogen) atoms. The molecule has 3 heterocycles. The predicted molar refractivity (Wildman–Crippen MR) is 93.9 cm³/mol. The third-order valence-electron chi connectivity index (χ3n) is 5.96. The second kappa shape index (κ2) is 7.26. The summed E-state index contributed by atoms with van der Waals surface area (Å²) in [4.78, 5) is 17.4. The van der Waals surface area contributed by atoms with Gasteiger partial charge in [-0.15, -0.1) is 0 Å². The third kappa shape index (κ3) is 3.51. The van der Waals surface area contributed by atoms with Crippen LogP contribution in [-0.2, 0) is 11.2 Å². The van der Waals surface area contributed by atoms with Crippen molar-refractivity contribution >= 4 is 5.91 Å². The predicted octanol–water partition coefficient (Wildman–Crippen LogP) is 3.09. The lowest BCUT2D eigenvalue weighted by molar-refractivity contribution is -0.133. The zero-order valence-electron chi connectivity index (χ0n) is 15.5. The van der Waals surface area contributed by atoms with Crippen LogP contribution in [0.15, 0.2) is 4.52 Å². The largest absolute Gasteiger partial charge is 0.361 e. The normalized spacial score (nSPS) is 28.5. The molecule has 0 aromatic carbocycles. The molecule has 134 valence electrons. The average molecular weight is 333 g/mol. The van der Waals surface area contributed by atoms with Gasteiger partial charge in [0.05, 0.1) is 5.69 Å². The first kappa shape index (κ1) is 17.5. The minimum Gasteiger partial charge on any atom is -0.361 e. The molecule has 5 heteroatoms. The number of aryl methyl sites for hydroxylation is 2. The first-order valence-corrected chi connectivity index (χ1v) is 9.44. The van der Waals surface area contributed by atoms with E-state index in [1.54, 1.807) is 0 Å². The summed E-state index contributed by atoms with van der Waals surface area (Å²) >= 11 is 0. The van der Waals surface area contributed by atoms with Crippen LogP contribution >= 0.6 is 0 Å². The fourth-order valence-corrected chi connectivity index (χ4v) is 4.61. The Morgan fingerprint density at radius 3 is 2.54 bits per heavy atom. The Bertz CT molecular complexity index is 554. The van der Waals surface area contributed by atoms with Crippen LogP contribution in [0.4, 0.5) is 0 Å². The van der Waals surface area contributed by atoms with Crippen molar-refractivity contribution < 1.29 is 9.32 Å². The van der Waals surface area contributed by atoms with Gasteiger partial charge in [-0.05, 0) is 59.8 Å². The van der Waals surface area contributed by atoms with Gasteiger partial charge in [-0.3, -0.25) is 9.69 Å². The van der Waals surface area contributed by atoms with Gasteiger partial charge in [0.15, 0.2) is 0 Å². The van der Waals surface area contributed by atoms with E-state index in [1.165, 1.54) is 19.3 Å². The van der Waals surface area contributed by atoms with Crippen molar-refractivity contribution in [2.24, 2.45) is 0 Å². The van der Waals surface area contributed by atoms with Crippen LogP contribution in [0.1, 0.15) is 63.0 Å². The highest BCUT2D eigenvalue weighted by molar-refractivity contribution is 5.76. The summed E-state index contributed by atoms with van der Waals surface area (Å²) in [6.45, 7) is 10.3. The summed E-state index contributed by atoms with van der Waals surface area (Å²) < 4.78 is 5.20. The Balaban J connectivity index is 1.57. The summed E-state index contributed by atoms with van der Waals surface area (Å²) in [5.74, 6) is 1.12. The lowest BCUT2D eigenvalue weighted by Gasteiger charge is -2.41. The van der Waals surface area contributed by atoms with Crippen LogP contribution in [-0.4, -0.2) is 52.1 Å². The number of aromatic nitrogens is 1. The number of nitrogens with zero attached hydrogens (tertiary/aromatic N) is 3. The maximum absolute atomic E-state index is 12.7. The van der Waals surface area contributed by atoms with Crippen LogP contribution in [0.3, 0.4) is 0 Å². The molecule has 2 fully saturated rings. The highest BCUT2D eigenvalue weighted by Crippen LogP contribution is 2.30. The summed E-state index contributed by atoms with van der Waals surface area (Å²) in [5.41, 5.74) is 2.01. The second-order valence-corrected chi connectivity index (χ2v) is 7.66. The van der Waals surface area contributed by atoms with Crippen molar-refractivity contribution in [2.45, 2.75) is 84.3 Å². The SMILES string of the molecule is Cc1noc(C)c1CCC(=O)N1CCC[C@H](N2[C@@H](C)CC[C@@H]2C)C1. The molecule has 2 aliphatic heterocycles. The Hall–Kier alpha value is -1.36. The number of hydrogen-bond donors (Lipinski definition) is 0. The molecule has 2 aliphatic rings. The molecule has 0 bridgehead atoms. The third-order valence-corrected chi connectivity index (χ3v) is 5.96. The molecule has 0 radical (unpaired) electrons. The first-order chi connectivity index (χ1) is 11.5. The summed E-state index contributed by atoms with van der Waals surface area (Å²) in [6.07, 6.45) is 6.22. The minimum absolute atomic E-state index is 0.277. The van der Waals surface area contributed by atoms with E-state index in [4.69, 9.17) is 4.52 Å². The molecule has 1 aromatic heterocycles. The fourth-order valence-electron chi connectivity index (χ4n) is 4.61. The lowest BCUT2D eigenvalue weighted by Crippen LogP contribution is -2.52. The van der Waals surface area contributed by atoms with Gasteiger partial charge >= 0.3 is 0 Å². The number of likely N-dealkylation sites (tertiary alicyclic amines) is 2. The Labute approximate surface area is 145 Å². The van der Waals surface area contributed by atoms with Crippen LogP contribution in [0.25, 0.3) is 0 Å². The summed E-state index contributed by atoms with van der Waals surface area (Å²) in [6, 6.07) is 1.85. The van der Waals surface area contributed by atoms with Crippen molar-refractivity contribution in [3.05, 3.63) is 17.0 Å². The van der Waals surface area contributed by atoms with Crippen LogP contribution in [0.2, 0.25) is 0 Å². The number of hydrogen-bond acceptors (Lipinski definition) is 4. The van der Waals surface area contributed by atoms with Crippen molar-refractivity contribution in [1.29, 1.82) is 0 Å². The Morgan fingerprint density at radius 1 is 1.21 bits per heavy atom. The van der Waals surface area contributed by atoms with E-state index < -0.39 is 0 Å². The van der Waals surface area contributed by atoms with E-state index in [0.29, 0.717) is 24.5 Å². The molecule has 1 aromatic rings. The standard InChI is InChI=1S/C19H31N3O2/c1-13-7-8-14(2)22(13)17-6-5-11-21(12-17)19(23)10-9-18-15(3)20-24-16(18)4/h13-14,17H,5-12H2,1-4H3/t13-,14-,17-/m0/s1. The van der Waals surface area contributed by atoms with E-state index in [0.717, 1.165) is 42.9 Å². The van der Waals surface area contributed by atoms with Crippen LogP contribution < -0.4 is 0 Å². The highest BCUT2D eigenvalue weighted by atomic mass is 16.5. The van der Waals surface area contributed by atoms with Crippen molar-refractivity contribution in [2.75, 3.05) is 13.1 Å². The molecule has 0 spiro atoms. The van der Waals surface area contributed by atoms with Gasteiger partial charge in [0.2, 0.25) is 5.91 Å². The lowest BCUT2D eigenvalue weighted by atomic mass is 10.0. The molecule has 3 rings (SSSR count). The molecule has 0 saturated carbocycles. The van der Waals surface area contributed by atoms with E-state index in [-0.39, 0.29) is 5.91 Å². The molecular weight excluding hydrogens is 302 g/mol. The maximum Gasteiger partial charge on any atom is 0.222 e. The van der Waals surface area contributed by atoms with E-state index in [9.17, 15) is 4.79 Å². The molecule has 0 unspecified atom stereocenters. The van der Waals surface area contributed by atoms with E-state index in [2.05, 4.69) is 28.8 Å². The van der Waals surface area contributed by atoms with Crippen molar-refractivity contribution in [1.82, 2.24) is 15.0 Å². The number of carbonyl (C=O) groups is 1. The molecule has 5 nitrogen and oxygen atoms in total. The van der Waals surface area contributed by atoms with Gasteiger partial charge in [-0.1, -0.05) is 5.16 Å². The van der Waals surface area contributed by atoms with Gasteiger partial charge in [-0.2, -0.15) is 0 Å². The zero-order valence-corrected chi connectivity index (χ0v) is 15.5. The molecule has 3 atom stereocenters. The first-order valence-electron chi connectivity index (χ1n) is 9.44. The molecule has 1 amide bonds. The molecule has 0 aliphatic carbocycles. The van der Waals surface area contributed by atoms with Gasteiger partial charge in [0.1, 0.15) is 5.76 Å². The topological polar surface area (TPSA) is 49.6 Å². The average Bonchev–Trinajstić information content (AvgIpc) is 3.07. The second-order valence-electron chi connectivity index (χ2n) is 7.66. The van der Waals surface area contributed by atoms with Crippen molar-refractivity contribution in [3.8, 4) is 0 Å². The Morgan fingerprint density at radius 2 is 1.92 bits per heavy atom. The number of rotatable bonds is 4. The van der Waals surface area contributed by atoms with Gasteiger partial charge < -0.3 is 9.42 Å². The minimum atomic E-state index is 0.277. The Kier molecular flexibility index (Phi) is 5.28. The fraction of sp³-hybridized carbons (Fsp3) is 0.789. The van der Waals surface area contributed by atoms with Gasteiger partial charge in [-0.25, -0.2) is 0 Å². The van der Waals surface area contributed by atoms with Crippen molar-refractivity contribution in [3.63, 3.8) is 0 Å². The molecule has 0 N–H and O–H groups in total. The molecular formula is C19H31N3O2. The number of amides is 1. The van der Waals surface area contributed by atoms with Crippen LogP contribution in [0, 0.1) is 13.8 Å². The highest BCUT2D eigenvalue weighted by Gasteiger charge is 2.36. The van der Waals surface area contributed by atoms with Crippen LogP contribution in [0.5, 0.6) is 0 Å². The zero-order chi connectivity index (χ0) is 17.3. The maximum atomic E-state index is 12.7. The number of carbonyl (C=O) groups excluding carboxylic acids is 1. The summed E-state index contributed by atoms with van der Waals surface area (Å²) in [5, 5.41) is 3.98. The summed E-state index contributed by atoms with van der Waals surface area (Å²) in [7, 11) is 0. The quantitative estimate of drug-likeness (QED) is 0.849. The van der Waals surface area contributed by atoms with E-state index in [1.807, 2.05) is 13.8 Å². The molecule has 2 saturated heterocycles. The van der Waals surface area contributed by atoms with E-state index >= 15 is 0 Å². The van der Waals surface area contributed by atoms with Gasteiger partial charge in [0, 0.05) is 43.2 Å². The monoisotopic (exact) mass is 333 g/mol. The smallest absolute Gasteiger partial charge is 0.222 e.